The highest BCUT2D eigenvalue weighted by molar-refractivity contribution is 7.89. The van der Waals surface area contributed by atoms with Crippen LogP contribution in [0.15, 0.2) is 29.2 Å². The number of hydrogen-bond acceptors (Lipinski definition) is 6. The Labute approximate surface area is 171 Å². The Balaban J connectivity index is 1.89. The first-order valence-corrected chi connectivity index (χ1v) is 10.7. The second-order valence-corrected chi connectivity index (χ2v) is 9.44. The van der Waals surface area contributed by atoms with Crippen LogP contribution in [0.25, 0.3) is 0 Å². The summed E-state index contributed by atoms with van der Waals surface area (Å²) < 4.78 is 30.9. The fourth-order valence-electron chi connectivity index (χ4n) is 2.99. The van der Waals surface area contributed by atoms with Crippen LogP contribution in [0.2, 0.25) is 0 Å². The molecule has 1 aromatic carbocycles. The highest BCUT2D eigenvalue weighted by atomic mass is 32.2. The minimum absolute atomic E-state index is 0.00195. The number of carbonyl (C=O) groups excluding carboxylic acids is 3. The molecule has 1 saturated heterocycles. The van der Waals surface area contributed by atoms with Crippen molar-refractivity contribution in [2.75, 3.05) is 27.2 Å². The maximum absolute atomic E-state index is 12.4. The molecule has 1 heterocycles. The van der Waals surface area contributed by atoms with Gasteiger partial charge in [0.2, 0.25) is 15.9 Å². The molecule has 2 rings (SSSR count). The van der Waals surface area contributed by atoms with E-state index in [1.165, 1.54) is 20.2 Å². The topological polar surface area (TPSA) is 113 Å². The van der Waals surface area contributed by atoms with E-state index in [1.807, 2.05) is 13.8 Å². The molecule has 2 amide bonds. The Kier molecular flexibility index (Phi) is 7.37. The van der Waals surface area contributed by atoms with Crippen molar-refractivity contribution in [3.8, 4) is 0 Å². The average molecular weight is 426 g/mol. The third kappa shape index (κ3) is 5.54. The molecular weight excluding hydrogens is 398 g/mol. The van der Waals surface area contributed by atoms with Crippen molar-refractivity contribution in [3.05, 3.63) is 29.8 Å². The number of carbonyl (C=O) groups is 3. The van der Waals surface area contributed by atoms with Gasteiger partial charge in [0.05, 0.1) is 10.8 Å². The van der Waals surface area contributed by atoms with E-state index in [0.29, 0.717) is 5.56 Å². The number of hydrogen-bond donors (Lipinski definition) is 1. The molecule has 0 radical (unpaired) electrons. The fourth-order valence-corrected chi connectivity index (χ4v) is 4.10. The van der Waals surface area contributed by atoms with E-state index in [1.54, 1.807) is 23.1 Å². The number of rotatable bonds is 8. The number of sulfonamides is 1. The van der Waals surface area contributed by atoms with Gasteiger partial charge < -0.3 is 15.0 Å². The molecule has 29 heavy (non-hydrogen) atoms. The third-order valence-electron chi connectivity index (χ3n) is 4.67. The summed E-state index contributed by atoms with van der Waals surface area (Å²) in [6.45, 7) is 3.50. The van der Waals surface area contributed by atoms with E-state index >= 15 is 0 Å². The van der Waals surface area contributed by atoms with Crippen molar-refractivity contribution in [1.82, 2.24) is 14.5 Å². The highest BCUT2D eigenvalue weighted by Crippen LogP contribution is 2.21. The summed E-state index contributed by atoms with van der Waals surface area (Å²) in [7, 11) is -0.792. The van der Waals surface area contributed by atoms with Crippen molar-refractivity contribution in [2.24, 2.45) is 5.92 Å². The van der Waals surface area contributed by atoms with Gasteiger partial charge in [0.25, 0.3) is 5.91 Å². The van der Waals surface area contributed by atoms with Crippen molar-refractivity contribution >= 4 is 27.8 Å². The Morgan fingerprint density at radius 3 is 2.52 bits per heavy atom. The van der Waals surface area contributed by atoms with Gasteiger partial charge in [0.15, 0.2) is 6.61 Å². The standard InChI is InChI=1S/C19H27N3O6S/c1-13(2)22-11-15(9-18(22)24)19(25)28-12-17(23)20-10-14-7-5-6-8-16(14)29(26,27)21(3)4/h5-8,13,15H,9-12H2,1-4H3,(H,20,23). The van der Waals surface area contributed by atoms with Gasteiger partial charge in [-0.1, -0.05) is 18.2 Å². The van der Waals surface area contributed by atoms with Crippen LogP contribution in [0.5, 0.6) is 0 Å². The Morgan fingerprint density at radius 1 is 1.28 bits per heavy atom. The van der Waals surface area contributed by atoms with Gasteiger partial charge in [-0.15, -0.1) is 0 Å². The van der Waals surface area contributed by atoms with Gasteiger partial charge in [0, 0.05) is 39.6 Å². The summed E-state index contributed by atoms with van der Waals surface area (Å²) in [6, 6.07) is 6.35. The second-order valence-electron chi connectivity index (χ2n) is 7.32. The lowest BCUT2D eigenvalue weighted by Gasteiger charge is -2.20. The van der Waals surface area contributed by atoms with Crippen LogP contribution in [-0.4, -0.2) is 68.7 Å². The van der Waals surface area contributed by atoms with Crippen LogP contribution >= 0.6 is 0 Å². The molecule has 0 aromatic heterocycles. The Hall–Kier alpha value is -2.46. The SMILES string of the molecule is CC(C)N1CC(C(=O)OCC(=O)NCc2ccccc2S(=O)(=O)N(C)C)CC1=O. The molecule has 1 aliphatic heterocycles. The van der Waals surface area contributed by atoms with Gasteiger partial charge in [-0.05, 0) is 25.5 Å². The quantitative estimate of drug-likeness (QED) is 0.602. The van der Waals surface area contributed by atoms with E-state index < -0.39 is 34.4 Å². The summed E-state index contributed by atoms with van der Waals surface area (Å²) in [5.41, 5.74) is 0.426. The molecule has 9 nitrogen and oxygen atoms in total. The lowest BCUT2D eigenvalue weighted by atomic mass is 10.1. The molecule has 1 N–H and O–H groups in total. The number of amides is 2. The van der Waals surface area contributed by atoms with Crippen LogP contribution in [0.3, 0.4) is 0 Å². The number of esters is 1. The van der Waals surface area contributed by atoms with Gasteiger partial charge in [0.1, 0.15) is 0 Å². The summed E-state index contributed by atoms with van der Waals surface area (Å²) in [5, 5.41) is 2.56. The highest BCUT2D eigenvalue weighted by Gasteiger charge is 2.36. The van der Waals surface area contributed by atoms with Gasteiger partial charge >= 0.3 is 5.97 Å². The maximum Gasteiger partial charge on any atom is 0.311 e. The molecule has 0 spiro atoms. The van der Waals surface area contributed by atoms with Crippen LogP contribution in [-0.2, 0) is 35.7 Å². The molecule has 1 fully saturated rings. The normalized spacial score (nSPS) is 17.1. The van der Waals surface area contributed by atoms with E-state index in [4.69, 9.17) is 4.74 Å². The third-order valence-corrected chi connectivity index (χ3v) is 6.58. The van der Waals surface area contributed by atoms with Gasteiger partial charge in [-0.2, -0.15) is 0 Å². The molecule has 1 aromatic rings. The summed E-state index contributed by atoms with van der Waals surface area (Å²) in [5.74, 6) is -1.83. The van der Waals surface area contributed by atoms with Crippen molar-refractivity contribution < 1.29 is 27.5 Å². The zero-order valence-corrected chi connectivity index (χ0v) is 17.9. The zero-order chi connectivity index (χ0) is 21.8. The number of nitrogens with zero attached hydrogens (tertiary/aromatic N) is 2. The molecule has 10 heteroatoms. The summed E-state index contributed by atoms with van der Waals surface area (Å²) in [4.78, 5) is 37.8. The number of nitrogens with one attached hydrogen (secondary N) is 1. The molecule has 1 aliphatic rings. The van der Waals surface area contributed by atoms with Gasteiger partial charge in [-0.25, -0.2) is 12.7 Å². The summed E-state index contributed by atoms with van der Waals surface area (Å²) >= 11 is 0. The largest absolute Gasteiger partial charge is 0.455 e. The maximum atomic E-state index is 12.4. The average Bonchev–Trinajstić information content (AvgIpc) is 3.06. The van der Waals surface area contributed by atoms with Crippen LogP contribution in [0.1, 0.15) is 25.8 Å². The first-order chi connectivity index (χ1) is 13.5. The van der Waals surface area contributed by atoms with Crippen molar-refractivity contribution in [2.45, 2.75) is 37.8 Å². The van der Waals surface area contributed by atoms with Crippen molar-refractivity contribution in [1.29, 1.82) is 0 Å². The minimum atomic E-state index is -3.65. The number of likely N-dealkylation sites (tertiary alicyclic amines) is 1. The number of benzene rings is 1. The molecule has 0 saturated carbocycles. The molecule has 0 bridgehead atoms. The Morgan fingerprint density at radius 2 is 1.93 bits per heavy atom. The van der Waals surface area contributed by atoms with Gasteiger partial charge in [-0.3, -0.25) is 14.4 Å². The Bertz CT molecular complexity index is 882. The monoisotopic (exact) mass is 425 g/mol. The first kappa shape index (κ1) is 22.8. The molecule has 1 unspecified atom stereocenters. The van der Waals surface area contributed by atoms with Crippen molar-refractivity contribution in [3.63, 3.8) is 0 Å². The molecular formula is C19H27N3O6S. The first-order valence-electron chi connectivity index (χ1n) is 9.27. The molecule has 160 valence electrons. The van der Waals surface area contributed by atoms with E-state index in [0.717, 1.165) is 4.31 Å². The fraction of sp³-hybridized carbons (Fsp3) is 0.526. The van der Waals surface area contributed by atoms with Crippen LogP contribution in [0, 0.1) is 5.92 Å². The lowest BCUT2D eigenvalue weighted by Crippen LogP contribution is -2.34. The molecule has 0 aliphatic carbocycles. The lowest BCUT2D eigenvalue weighted by molar-refractivity contribution is -0.152. The zero-order valence-electron chi connectivity index (χ0n) is 17.0. The predicted octanol–water partition coefficient (Wildman–Crippen LogP) is 0.353. The van der Waals surface area contributed by atoms with E-state index in [9.17, 15) is 22.8 Å². The van der Waals surface area contributed by atoms with E-state index in [2.05, 4.69) is 5.32 Å². The van der Waals surface area contributed by atoms with Crippen LogP contribution < -0.4 is 5.32 Å². The second kappa shape index (κ2) is 9.36. The molecule has 1 atom stereocenters. The predicted molar refractivity (Wildman–Crippen MR) is 105 cm³/mol. The van der Waals surface area contributed by atoms with E-state index in [-0.39, 0.29) is 36.4 Å². The summed E-state index contributed by atoms with van der Waals surface area (Å²) in [6.07, 6.45) is 0.0778. The minimum Gasteiger partial charge on any atom is -0.455 e. The van der Waals surface area contributed by atoms with Crippen LogP contribution in [0.4, 0.5) is 0 Å². The smallest absolute Gasteiger partial charge is 0.311 e. The number of ether oxygens (including phenoxy) is 1.